The van der Waals surface area contributed by atoms with Gasteiger partial charge in [-0.1, -0.05) is 0 Å². The summed E-state index contributed by atoms with van der Waals surface area (Å²) in [5, 5.41) is 11.9. The average molecular weight is 372 g/mol. The van der Waals surface area contributed by atoms with Crippen LogP contribution in [0.1, 0.15) is 28.2 Å². The summed E-state index contributed by atoms with van der Waals surface area (Å²) in [6, 6.07) is 8.11. The SMILES string of the molecule is Cc1nn(-c2ccc(F)cc2)c2sc(C(=O)NCCC3CCNC3)cc12. The maximum absolute atomic E-state index is 13.2. The van der Waals surface area contributed by atoms with E-state index in [-0.39, 0.29) is 11.7 Å². The molecule has 5 nitrogen and oxygen atoms in total. The zero-order valence-electron chi connectivity index (χ0n) is 14.6. The van der Waals surface area contributed by atoms with Crippen molar-refractivity contribution >= 4 is 27.5 Å². The Balaban J connectivity index is 1.52. The summed E-state index contributed by atoms with van der Waals surface area (Å²) in [7, 11) is 0. The van der Waals surface area contributed by atoms with E-state index >= 15 is 0 Å². The molecule has 3 aromatic rings. The van der Waals surface area contributed by atoms with Gasteiger partial charge in [0.15, 0.2) is 0 Å². The third-order valence-electron chi connectivity index (χ3n) is 4.84. The monoisotopic (exact) mass is 372 g/mol. The highest BCUT2D eigenvalue weighted by molar-refractivity contribution is 7.20. The molecule has 136 valence electrons. The minimum Gasteiger partial charge on any atom is -0.351 e. The van der Waals surface area contributed by atoms with Gasteiger partial charge in [-0.2, -0.15) is 5.10 Å². The zero-order valence-corrected chi connectivity index (χ0v) is 15.4. The first-order chi connectivity index (χ1) is 12.6. The van der Waals surface area contributed by atoms with Gasteiger partial charge in [0.2, 0.25) is 0 Å². The molecular formula is C19H21FN4OS. The number of halogens is 1. The molecular weight excluding hydrogens is 351 g/mol. The van der Waals surface area contributed by atoms with Gasteiger partial charge in [-0.15, -0.1) is 11.3 Å². The molecule has 1 unspecified atom stereocenters. The van der Waals surface area contributed by atoms with E-state index in [1.165, 1.54) is 29.9 Å². The van der Waals surface area contributed by atoms with Crippen LogP contribution in [0.2, 0.25) is 0 Å². The van der Waals surface area contributed by atoms with E-state index in [0.717, 1.165) is 41.1 Å². The van der Waals surface area contributed by atoms with Crippen LogP contribution in [0.3, 0.4) is 0 Å². The molecule has 1 fully saturated rings. The van der Waals surface area contributed by atoms with Crippen molar-refractivity contribution in [2.24, 2.45) is 5.92 Å². The van der Waals surface area contributed by atoms with E-state index in [0.29, 0.717) is 17.3 Å². The third-order valence-corrected chi connectivity index (χ3v) is 5.95. The van der Waals surface area contributed by atoms with Gasteiger partial charge in [0.25, 0.3) is 5.91 Å². The predicted molar refractivity (Wildman–Crippen MR) is 102 cm³/mol. The number of aryl methyl sites for hydroxylation is 1. The second kappa shape index (κ2) is 7.17. The van der Waals surface area contributed by atoms with E-state index in [4.69, 9.17) is 0 Å². The number of aromatic nitrogens is 2. The molecule has 1 aliphatic heterocycles. The largest absolute Gasteiger partial charge is 0.351 e. The number of nitrogens with zero attached hydrogens (tertiary/aromatic N) is 2. The van der Waals surface area contributed by atoms with Crippen molar-refractivity contribution in [1.82, 2.24) is 20.4 Å². The third kappa shape index (κ3) is 3.37. The van der Waals surface area contributed by atoms with Crippen LogP contribution in [0.25, 0.3) is 15.9 Å². The van der Waals surface area contributed by atoms with Crippen LogP contribution < -0.4 is 10.6 Å². The van der Waals surface area contributed by atoms with Gasteiger partial charge in [-0.05, 0) is 69.1 Å². The van der Waals surface area contributed by atoms with Crippen LogP contribution >= 0.6 is 11.3 Å². The van der Waals surface area contributed by atoms with E-state index < -0.39 is 0 Å². The van der Waals surface area contributed by atoms with Gasteiger partial charge in [0, 0.05) is 11.9 Å². The van der Waals surface area contributed by atoms with Crippen molar-refractivity contribution in [3.8, 4) is 5.69 Å². The van der Waals surface area contributed by atoms with Crippen molar-refractivity contribution in [1.29, 1.82) is 0 Å². The highest BCUT2D eigenvalue weighted by Gasteiger charge is 2.18. The highest BCUT2D eigenvalue weighted by Crippen LogP contribution is 2.30. The molecule has 1 aromatic carbocycles. The number of carbonyl (C=O) groups excluding carboxylic acids is 1. The fourth-order valence-electron chi connectivity index (χ4n) is 3.35. The number of nitrogens with one attached hydrogen (secondary N) is 2. The van der Waals surface area contributed by atoms with Crippen molar-refractivity contribution in [2.45, 2.75) is 19.8 Å². The fourth-order valence-corrected chi connectivity index (χ4v) is 4.45. The Morgan fingerprint density at radius 2 is 2.23 bits per heavy atom. The first-order valence-electron chi connectivity index (χ1n) is 8.86. The lowest BCUT2D eigenvalue weighted by molar-refractivity contribution is 0.0956. The first-order valence-corrected chi connectivity index (χ1v) is 9.67. The number of hydrogen-bond acceptors (Lipinski definition) is 4. The van der Waals surface area contributed by atoms with Crippen molar-refractivity contribution in [3.05, 3.63) is 46.7 Å². The summed E-state index contributed by atoms with van der Waals surface area (Å²) in [5.41, 5.74) is 1.64. The molecule has 0 spiro atoms. The molecule has 0 radical (unpaired) electrons. The summed E-state index contributed by atoms with van der Waals surface area (Å²) in [6.45, 7) is 4.74. The Kier molecular flexibility index (Phi) is 4.74. The van der Waals surface area contributed by atoms with Crippen LogP contribution in [0.5, 0.6) is 0 Å². The summed E-state index contributed by atoms with van der Waals surface area (Å²) in [5.74, 6) is 0.340. The van der Waals surface area contributed by atoms with Gasteiger partial charge in [-0.3, -0.25) is 4.79 Å². The molecule has 0 saturated carbocycles. The molecule has 2 N–H and O–H groups in total. The van der Waals surface area contributed by atoms with E-state index in [1.807, 2.05) is 13.0 Å². The smallest absolute Gasteiger partial charge is 0.261 e. The second-order valence-corrected chi connectivity index (χ2v) is 7.74. The van der Waals surface area contributed by atoms with Crippen LogP contribution in [-0.2, 0) is 0 Å². The van der Waals surface area contributed by atoms with Gasteiger partial charge in [-0.25, -0.2) is 9.07 Å². The van der Waals surface area contributed by atoms with Crippen LogP contribution in [0, 0.1) is 18.7 Å². The minimum atomic E-state index is -0.280. The van der Waals surface area contributed by atoms with E-state index in [1.54, 1.807) is 16.8 Å². The molecule has 1 saturated heterocycles. The normalized spacial score (nSPS) is 17.1. The maximum Gasteiger partial charge on any atom is 0.261 e. The molecule has 7 heteroatoms. The number of hydrogen-bond donors (Lipinski definition) is 2. The standard InChI is InChI=1S/C19H21FN4OS/c1-12-16-10-17(18(25)22-9-7-13-6-8-21-11-13)26-19(16)24(23-12)15-4-2-14(20)3-5-15/h2-5,10,13,21H,6-9,11H2,1H3,(H,22,25). The molecule has 0 bridgehead atoms. The molecule has 3 heterocycles. The Hall–Kier alpha value is -2.25. The lowest BCUT2D eigenvalue weighted by atomic mass is 10.1. The van der Waals surface area contributed by atoms with Crippen molar-refractivity contribution in [3.63, 3.8) is 0 Å². The maximum atomic E-state index is 13.2. The van der Waals surface area contributed by atoms with E-state index in [9.17, 15) is 9.18 Å². The number of thiophene rings is 1. The van der Waals surface area contributed by atoms with Gasteiger partial charge in [0.05, 0.1) is 16.3 Å². The van der Waals surface area contributed by atoms with Crippen LogP contribution in [0.15, 0.2) is 30.3 Å². The number of carbonyl (C=O) groups is 1. The lowest BCUT2D eigenvalue weighted by Gasteiger charge is -2.08. The average Bonchev–Trinajstić information content (AvgIpc) is 3.34. The second-order valence-electron chi connectivity index (χ2n) is 6.71. The molecule has 0 aliphatic carbocycles. The summed E-state index contributed by atoms with van der Waals surface area (Å²) >= 11 is 1.42. The van der Waals surface area contributed by atoms with Gasteiger partial charge < -0.3 is 10.6 Å². The quantitative estimate of drug-likeness (QED) is 0.723. The Labute approximate surface area is 155 Å². The zero-order chi connectivity index (χ0) is 18.1. The first kappa shape index (κ1) is 17.2. The van der Waals surface area contributed by atoms with Gasteiger partial charge in [0.1, 0.15) is 10.6 Å². The molecule has 1 amide bonds. The molecule has 26 heavy (non-hydrogen) atoms. The molecule has 2 aromatic heterocycles. The lowest BCUT2D eigenvalue weighted by Crippen LogP contribution is -2.25. The van der Waals surface area contributed by atoms with Crippen molar-refractivity contribution in [2.75, 3.05) is 19.6 Å². The molecule has 1 atom stereocenters. The van der Waals surface area contributed by atoms with E-state index in [2.05, 4.69) is 15.7 Å². The number of fused-ring (bicyclic) bond motifs is 1. The minimum absolute atomic E-state index is 0.0396. The Morgan fingerprint density at radius 3 is 2.96 bits per heavy atom. The topological polar surface area (TPSA) is 59.0 Å². The number of rotatable bonds is 5. The van der Waals surface area contributed by atoms with Crippen LogP contribution in [0.4, 0.5) is 4.39 Å². The number of benzene rings is 1. The summed E-state index contributed by atoms with van der Waals surface area (Å²) in [6.07, 6.45) is 2.19. The number of amides is 1. The Morgan fingerprint density at radius 1 is 1.42 bits per heavy atom. The summed E-state index contributed by atoms with van der Waals surface area (Å²) in [4.78, 5) is 14.1. The Bertz CT molecular complexity index is 925. The highest BCUT2D eigenvalue weighted by atomic mass is 32.1. The van der Waals surface area contributed by atoms with Crippen molar-refractivity contribution < 1.29 is 9.18 Å². The van der Waals surface area contributed by atoms with Gasteiger partial charge >= 0.3 is 0 Å². The molecule has 1 aliphatic rings. The predicted octanol–water partition coefficient (Wildman–Crippen LogP) is 3.26. The summed E-state index contributed by atoms with van der Waals surface area (Å²) < 4.78 is 15.0. The molecule has 4 rings (SSSR count). The van der Waals surface area contributed by atoms with Crippen LogP contribution in [-0.4, -0.2) is 35.3 Å². The fraction of sp³-hybridized carbons (Fsp3) is 0.368.